The van der Waals surface area contributed by atoms with Crippen molar-refractivity contribution in [3.8, 4) is 0 Å². The molecular formula is C20H20. The maximum absolute atomic E-state index is 2.40. The molecule has 0 bridgehead atoms. The number of hydrogen-bond donors (Lipinski definition) is 0. The van der Waals surface area contributed by atoms with Crippen molar-refractivity contribution in [2.24, 2.45) is 11.8 Å². The second-order valence-corrected chi connectivity index (χ2v) is 6.35. The highest BCUT2D eigenvalue weighted by Gasteiger charge is 2.40. The summed E-state index contributed by atoms with van der Waals surface area (Å²) in [5.74, 6) is 2.45. The van der Waals surface area contributed by atoms with E-state index in [0.29, 0.717) is 5.92 Å². The molecule has 3 atom stereocenters. The molecule has 2 aliphatic rings. The van der Waals surface area contributed by atoms with Crippen LogP contribution in [0, 0.1) is 11.8 Å². The van der Waals surface area contributed by atoms with Gasteiger partial charge in [-0.3, -0.25) is 0 Å². The Bertz CT molecular complexity index is 665. The van der Waals surface area contributed by atoms with Gasteiger partial charge in [0.15, 0.2) is 0 Å². The Labute approximate surface area is 121 Å². The van der Waals surface area contributed by atoms with Gasteiger partial charge >= 0.3 is 0 Å². The second kappa shape index (κ2) is 4.63. The Morgan fingerprint density at radius 1 is 0.850 bits per heavy atom. The van der Waals surface area contributed by atoms with Crippen molar-refractivity contribution < 1.29 is 0 Å². The highest BCUT2D eigenvalue weighted by Crippen LogP contribution is 2.50. The van der Waals surface area contributed by atoms with Crippen molar-refractivity contribution in [3.63, 3.8) is 0 Å². The van der Waals surface area contributed by atoms with Gasteiger partial charge in [0.1, 0.15) is 0 Å². The molecule has 1 saturated carbocycles. The SMILES string of the molecule is CC1CC1C1Cc2ccccc2/C=C\c2ccccc21. The van der Waals surface area contributed by atoms with Crippen molar-refractivity contribution in [2.45, 2.75) is 25.7 Å². The molecule has 0 amide bonds. The van der Waals surface area contributed by atoms with Crippen LogP contribution < -0.4 is 0 Å². The van der Waals surface area contributed by atoms with Crippen molar-refractivity contribution in [1.29, 1.82) is 0 Å². The van der Waals surface area contributed by atoms with Crippen LogP contribution in [0.3, 0.4) is 0 Å². The summed E-state index contributed by atoms with van der Waals surface area (Å²) >= 11 is 0. The van der Waals surface area contributed by atoms with E-state index in [1.807, 2.05) is 0 Å². The summed E-state index contributed by atoms with van der Waals surface area (Å²) < 4.78 is 0. The Morgan fingerprint density at radius 2 is 1.50 bits per heavy atom. The van der Waals surface area contributed by atoms with E-state index in [2.05, 4.69) is 67.6 Å². The summed E-state index contributed by atoms with van der Waals surface area (Å²) in [6.07, 6.45) is 7.16. The van der Waals surface area contributed by atoms with Crippen molar-refractivity contribution in [2.75, 3.05) is 0 Å². The maximum atomic E-state index is 2.40. The molecular weight excluding hydrogens is 240 g/mol. The van der Waals surface area contributed by atoms with E-state index in [4.69, 9.17) is 0 Å². The first-order chi connectivity index (χ1) is 9.83. The zero-order valence-electron chi connectivity index (χ0n) is 11.9. The number of hydrogen-bond acceptors (Lipinski definition) is 0. The van der Waals surface area contributed by atoms with Gasteiger partial charge in [-0.25, -0.2) is 0 Å². The van der Waals surface area contributed by atoms with E-state index in [1.54, 1.807) is 5.56 Å². The molecule has 0 aromatic heterocycles. The molecule has 2 aromatic rings. The largest absolute Gasteiger partial charge is 0.0622 e. The van der Waals surface area contributed by atoms with Crippen molar-refractivity contribution in [1.82, 2.24) is 0 Å². The average Bonchev–Trinajstić information content (AvgIpc) is 3.18. The van der Waals surface area contributed by atoms with Gasteiger partial charge in [-0.2, -0.15) is 0 Å². The molecule has 2 aliphatic carbocycles. The van der Waals surface area contributed by atoms with Crippen LogP contribution in [0.25, 0.3) is 12.2 Å². The van der Waals surface area contributed by atoms with Crippen molar-refractivity contribution >= 4 is 12.2 Å². The van der Waals surface area contributed by atoms with E-state index < -0.39 is 0 Å². The molecule has 0 heterocycles. The quantitative estimate of drug-likeness (QED) is 0.665. The van der Waals surface area contributed by atoms with Crippen LogP contribution in [0.1, 0.15) is 41.5 Å². The smallest absolute Gasteiger partial charge is 0.00844 e. The fourth-order valence-corrected chi connectivity index (χ4v) is 3.70. The summed E-state index contributed by atoms with van der Waals surface area (Å²) in [5.41, 5.74) is 5.85. The molecule has 1 fully saturated rings. The number of benzene rings is 2. The molecule has 0 nitrogen and oxygen atoms in total. The topological polar surface area (TPSA) is 0 Å². The van der Waals surface area contributed by atoms with Crippen LogP contribution >= 0.6 is 0 Å². The zero-order chi connectivity index (χ0) is 13.5. The molecule has 0 radical (unpaired) electrons. The fourth-order valence-electron chi connectivity index (χ4n) is 3.70. The Balaban J connectivity index is 1.86. The van der Waals surface area contributed by atoms with Gasteiger partial charge < -0.3 is 0 Å². The lowest BCUT2D eigenvalue weighted by atomic mass is 9.81. The average molecular weight is 260 g/mol. The normalized spacial score (nSPS) is 28.8. The summed E-state index contributed by atoms with van der Waals surface area (Å²) in [7, 11) is 0. The van der Waals surface area contributed by atoms with Gasteiger partial charge in [0.05, 0.1) is 0 Å². The van der Waals surface area contributed by atoms with Gasteiger partial charge in [-0.15, -0.1) is 0 Å². The predicted molar refractivity (Wildman–Crippen MR) is 85.5 cm³/mol. The first-order valence-electron chi connectivity index (χ1n) is 7.68. The van der Waals surface area contributed by atoms with E-state index in [9.17, 15) is 0 Å². The molecule has 3 unspecified atom stereocenters. The highest BCUT2D eigenvalue weighted by atomic mass is 14.4. The first-order valence-corrected chi connectivity index (χ1v) is 7.68. The number of rotatable bonds is 1. The number of fused-ring (bicyclic) bond motifs is 2. The monoisotopic (exact) mass is 260 g/mol. The summed E-state index contributed by atoms with van der Waals surface area (Å²) in [6.45, 7) is 2.40. The van der Waals surface area contributed by atoms with E-state index >= 15 is 0 Å². The van der Waals surface area contributed by atoms with Crippen LogP contribution in [-0.4, -0.2) is 0 Å². The molecule has 20 heavy (non-hydrogen) atoms. The third-order valence-electron chi connectivity index (χ3n) is 5.02. The minimum Gasteiger partial charge on any atom is -0.0622 e. The highest BCUT2D eigenvalue weighted by molar-refractivity contribution is 5.74. The Kier molecular flexibility index (Phi) is 2.77. The zero-order valence-corrected chi connectivity index (χ0v) is 11.9. The minimum atomic E-state index is 0.687. The Hall–Kier alpha value is -1.82. The first kappa shape index (κ1) is 12.0. The lowest BCUT2D eigenvalue weighted by Gasteiger charge is -2.23. The molecule has 0 N–H and O–H groups in total. The lowest BCUT2D eigenvalue weighted by Crippen LogP contribution is -2.10. The van der Waals surface area contributed by atoms with E-state index in [-0.39, 0.29) is 0 Å². The Morgan fingerprint density at radius 3 is 2.30 bits per heavy atom. The summed E-state index contributed by atoms with van der Waals surface area (Å²) in [6, 6.07) is 17.8. The van der Waals surface area contributed by atoms with Crippen LogP contribution in [0.15, 0.2) is 48.5 Å². The standard InChI is InChI=1S/C20H20/c1-14-12-19(14)20-13-17-8-3-2-6-15(17)10-11-16-7-4-5-9-18(16)20/h2-11,14,19-20H,12-13H2,1H3/b11-10-. The van der Waals surface area contributed by atoms with Gasteiger partial charge in [-0.05, 0) is 52.8 Å². The van der Waals surface area contributed by atoms with Crippen LogP contribution in [0.2, 0.25) is 0 Å². The third kappa shape index (κ3) is 2.00. The van der Waals surface area contributed by atoms with Crippen LogP contribution in [0.4, 0.5) is 0 Å². The predicted octanol–water partition coefficient (Wildman–Crippen LogP) is 5.15. The molecule has 0 spiro atoms. The lowest BCUT2D eigenvalue weighted by molar-refractivity contribution is 0.566. The molecule has 0 saturated heterocycles. The summed E-state index contributed by atoms with van der Waals surface area (Å²) in [5, 5.41) is 0. The summed E-state index contributed by atoms with van der Waals surface area (Å²) in [4.78, 5) is 0. The third-order valence-corrected chi connectivity index (χ3v) is 5.02. The molecule has 2 aromatic carbocycles. The van der Waals surface area contributed by atoms with Crippen molar-refractivity contribution in [3.05, 3.63) is 70.8 Å². The van der Waals surface area contributed by atoms with Gasteiger partial charge in [0.25, 0.3) is 0 Å². The van der Waals surface area contributed by atoms with E-state index in [0.717, 1.165) is 11.8 Å². The minimum absolute atomic E-state index is 0.687. The fraction of sp³-hybridized carbons (Fsp3) is 0.300. The van der Waals surface area contributed by atoms with Gasteiger partial charge in [-0.1, -0.05) is 67.6 Å². The van der Waals surface area contributed by atoms with Crippen LogP contribution in [-0.2, 0) is 6.42 Å². The molecule has 0 aliphatic heterocycles. The van der Waals surface area contributed by atoms with E-state index in [1.165, 1.54) is 29.5 Å². The maximum Gasteiger partial charge on any atom is -0.00844 e. The van der Waals surface area contributed by atoms with Crippen LogP contribution in [0.5, 0.6) is 0 Å². The van der Waals surface area contributed by atoms with Gasteiger partial charge in [0.2, 0.25) is 0 Å². The second-order valence-electron chi connectivity index (χ2n) is 6.35. The molecule has 4 rings (SSSR count). The molecule has 0 heteroatoms. The van der Waals surface area contributed by atoms with Gasteiger partial charge in [0, 0.05) is 0 Å². The molecule has 100 valence electrons.